The Morgan fingerprint density at radius 2 is 2.15 bits per heavy atom. The zero-order chi connectivity index (χ0) is 14.9. The van der Waals surface area contributed by atoms with Crippen molar-refractivity contribution in [1.29, 1.82) is 5.26 Å². The van der Waals surface area contributed by atoms with Crippen molar-refractivity contribution < 1.29 is 9.90 Å². The van der Waals surface area contributed by atoms with Crippen LogP contribution in [0.5, 0.6) is 0 Å². The minimum atomic E-state index is -0.979. The molecule has 2 aromatic rings. The van der Waals surface area contributed by atoms with Gasteiger partial charge < -0.3 is 10.4 Å². The highest BCUT2D eigenvalue weighted by atomic mass is 16.4. The molecule has 0 amide bonds. The van der Waals surface area contributed by atoms with E-state index in [-0.39, 0.29) is 5.56 Å². The van der Waals surface area contributed by atoms with Gasteiger partial charge >= 0.3 is 5.97 Å². The van der Waals surface area contributed by atoms with E-state index in [0.29, 0.717) is 28.3 Å². The molecule has 1 heterocycles. The number of carboxylic acids is 1. The second kappa shape index (κ2) is 5.05. The number of nitriles is 1. The fraction of sp³-hybridized carbons (Fsp3) is 0.214. The summed E-state index contributed by atoms with van der Waals surface area (Å²) in [6.45, 7) is 3.49. The van der Waals surface area contributed by atoms with E-state index in [1.54, 1.807) is 43.8 Å². The normalized spacial score (nSPS) is 10.1. The molecule has 6 nitrogen and oxygen atoms in total. The lowest BCUT2D eigenvalue weighted by Gasteiger charge is -2.09. The van der Waals surface area contributed by atoms with Gasteiger partial charge in [0.25, 0.3) is 0 Å². The van der Waals surface area contributed by atoms with Gasteiger partial charge in [-0.15, -0.1) is 0 Å². The van der Waals surface area contributed by atoms with Crippen LogP contribution in [0.2, 0.25) is 0 Å². The average Bonchev–Trinajstić information content (AvgIpc) is 2.65. The maximum absolute atomic E-state index is 11.1. The molecular formula is C14H14N4O2. The van der Waals surface area contributed by atoms with Gasteiger partial charge in [-0.3, -0.25) is 4.68 Å². The number of aryl methyl sites for hydroxylation is 3. The molecular weight excluding hydrogens is 256 g/mol. The predicted molar refractivity (Wildman–Crippen MR) is 74.1 cm³/mol. The third-order valence-corrected chi connectivity index (χ3v) is 3.06. The number of rotatable bonds is 3. The van der Waals surface area contributed by atoms with Crippen LogP contribution in [-0.4, -0.2) is 20.9 Å². The molecule has 2 rings (SSSR count). The van der Waals surface area contributed by atoms with Crippen molar-refractivity contribution in [2.75, 3.05) is 5.32 Å². The van der Waals surface area contributed by atoms with Crippen molar-refractivity contribution in [3.63, 3.8) is 0 Å². The van der Waals surface area contributed by atoms with Gasteiger partial charge in [0.1, 0.15) is 17.5 Å². The molecule has 0 bridgehead atoms. The van der Waals surface area contributed by atoms with Gasteiger partial charge in [-0.2, -0.15) is 10.4 Å². The van der Waals surface area contributed by atoms with Crippen LogP contribution in [0.1, 0.15) is 27.2 Å². The van der Waals surface area contributed by atoms with Crippen molar-refractivity contribution in [3.05, 3.63) is 40.6 Å². The first-order valence-corrected chi connectivity index (χ1v) is 5.98. The van der Waals surface area contributed by atoms with E-state index in [2.05, 4.69) is 16.5 Å². The van der Waals surface area contributed by atoms with E-state index >= 15 is 0 Å². The van der Waals surface area contributed by atoms with Crippen LogP contribution >= 0.6 is 0 Å². The maximum atomic E-state index is 11.1. The lowest BCUT2D eigenvalue weighted by atomic mass is 10.1. The summed E-state index contributed by atoms with van der Waals surface area (Å²) in [5, 5.41) is 25.5. The van der Waals surface area contributed by atoms with Crippen LogP contribution in [-0.2, 0) is 7.05 Å². The lowest BCUT2D eigenvalue weighted by molar-refractivity contribution is 0.0696. The Morgan fingerprint density at radius 1 is 1.45 bits per heavy atom. The van der Waals surface area contributed by atoms with Crippen molar-refractivity contribution in [3.8, 4) is 6.07 Å². The number of nitrogens with one attached hydrogen (secondary N) is 1. The SMILES string of the molecule is Cc1ccc(Nc2c(C#N)c(C)nn2C)cc1C(=O)O. The van der Waals surface area contributed by atoms with Gasteiger partial charge in [0.15, 0.2) is 0 Å². The highest BCUT2D eigenvalue weighted by molar-refractivity contribution is 5.90. The molecule has 0 unspecified atom stereocenters. The molecule has 0 saturated carbocycles. The lowest BCUT2D eigenvalue weighted by Crippen LogP contribution is -2.04. The number of aromatic carboxylic acids is 1. The number of anilines is 2. The van der Waals surface area contributed by atoms with Crippen LogP contribution in [0, 0.1) is 25.2 Å². The highest BCUT2D eigenvalue weighted by Gasteiger charge is 2.14. The van der Waals surface area contributed by atoms with E-state index < -0.39 is 5.97 Å². The fourth-order valence-electron chi connectivity index (χ4n) is 2.00. The second-order valence-electron chi connectivity index (χ2n) is 4.50. The van der Waals surface area contributed by atoms with Crippen molar-refractivity contribution >= 4 is 17.5 Å². The molecule has 0 atom stereocenters. The highest BCUT2D eigenvalue weighted by Crippen LogP contribution is 2.24. The number of benzene rings is 1. The standard InChI is InChI=1S/C14H14N4O2/c1-8-4-5-10(6-11(8)14(19)20)16-13-12(7-15)9(2)17-18(13)3/h4-6,16H,1-3H3,(H,19,20). The fourth-order valence-corrected chi connectivity index (χ4v) is 2.00. The predicted octanol–water partition coefficient (Wildman–Crippen LogP) is 2.35. The van der Waals surface area contributed by atoms with Crippen molar-refractivity contribution in [2.45, 2.75) is 13.8 Å². The number of hydrogen-bond acceptors (Lipinski definition) is 4. The molecule has 20 heavy (non-hydrogen) atoms. The Morgan fingerprint density at radius 3 is 2.75 bits per heavy atom. The number of hydrogen-bond donors (Lipinski definition) is 2. The van der Waals surface area contributed by atoms with Crippen LogP contribution < -0.4 is 5.32 Å². The first kappa shape index (κ1) is 13.6. The largest absolute Gasteiger partial charge is 0.478 e. The van der Waals surface area contributed by atoms with Gasteiger partial charge in [0.05, 0.1) is 11.3 Å². The van der Waals surface area contributed by atoms with Crippen molar-refractivity contribution in [1.82, 2.24) is 9.78 Å². The first-order chi connectivity index (χ1) is 9.43. The summed E-state index contributed by atoms with van der Waals surface area (Å²) in [6, 6.07) is 7.13. The van der Waals surface area contributed by atoms with E-state index in [1.165, 1.54) is 0 Å². The van der Waals surface area contributed by atoms with E-state index in [4.69, 9.17) is 10.4 Å². The van der Waals surface area contributed by atoms with Crippen molar-refractivity contribution in [2.24, 2.45) is 7.05 Å². The summed E-state index contributed by atoms with van der Waals surface area (Å²) in [5.41, 5.74) is 2.60. The Kier molecular flexibility index (Phi) is 3.44. The molecule has 6 heteroatoms. The van der Waals surface area contributed by atoms with Crippen LogP contribution in [0.25, 0.3) is 0 Å². The van der Waals surface area contributed by atoms with Gasteiger partial charge in [-0.05, 0) is 31.5 Å². The van der Waals surface area contributed by atoms with Crippen LogP contribution in [0.15, 0.2) is 18.2 Å². The molecule has 0 radical (unpaired) electrons. The zero-order valence-corrected chi connectivity index (χ0v) is 11.4. The summed E-state index contributed by atoms with van der Waals surface area (Å²) in [7, 11) is 1.72. The Balaban J connectivity index is 2.44. The molecule has 0 aliphatic rings. The zero-order valence-electron chi connectivity index (χ0n) is 11.4. The molecule has 1 aromatic heterocycles. The smallest absolute Gasteiger partial charge is 0.336 e. The molecule has 0 aliphatic heterocycles. The minimum Gasteiger partial charge on any atom is -0.478 e. The third kappa shape index (κ3) is 2.34. The maximum Gasteiger partial charge on any atom is 0.336 e. The number of aromatic nitrogens is 2. The summed E-state index contributed by atoms with van der Waals surface area (Å²) < 4.78 is 1.56. The summed E-state index contributed by atoms with van der Waals surface area (Å²) in [6.07, 6.45) is 0. The molecule has 0 aliphatic carbocycles. The molecule has 0 spiro atoms. The summed E-state index contributed by atoms with van der Waals surface area (Å²) in [5.74, 6) is -0.432. The summed E-state index contributed by atoms with van der Waals surface area (Å²) >= 11 is 0. The second-order valence-corrected chi connectivity index (χ2v) is 4.50. The molecule has 2 N–H and O–H groups in total. The Hall–Kier alpha value is -2.81. The molecule has 1 aromatic carbocycles. The topological polar surface area (TPSA) is 90.9 Å². The van der Waals surface area contributed by atoms with Gasteiger partial charge in [-0.1, -0.05) is 6.07 Å². The molecule has 0 saturated heterocycles. The number of carbonyl (C=O) groups is 1. The monoisotopic (exact) mass is 270 g/mol. The third-order valence-electron chi connectivity index (χ3n) is 3.06. The van der Waals surface area contributed by atoms with E-state index in [1.807, 2.05) is 0 Å². The summed E-state index contributed by atoms with van der Waals surface area (Å²) in [4.78, 5) is 11.1. The molecule has 0 fully saturated rings. The number of nitrogens with zero attached hydrogens (tertiary/aromatic N) is 3. The number of carboxylic acid groups (broad SMARTS) is 1. The minimum absolute atomic E-state index is 0.229. The van der Waals surface area contributed by atoms with Crippen LogP contribution in [0.4, 0.5) is 11.5 Å². The van der Waals surface area contributed by atoms with E-state index in [0.717, 1.165) is 0 Å². The van der Waals surface area contributed by atoms with Gasteiger partial charge in [-0.25, -0.2) is 4.79 Å². The quantitative estimate of drug-likeness (QED) is 0.893. The first-order valence-electron chi connectivity index (χ1n) is 5.98. The average molecular weight is 270 g/mol. The van der Waals surface area contributed by atoms with Gasteiger partial charge in [0, 0.05) is 12.7 Å². The van der Waals surface area contributed by atoms with Crippen LogP contribution in [0.3, 0.4) is 0 Å². The van der Waals surface area contributed by atoms with E-state index in [9.17, 15) is 4.79 Å². The molecule has 102 valence electrons. The Bertz CT molecular complexity index is 726. The Labute approximate surface area is 116 Å². The van der Waals surface area contributed by atoms with Gasteiger partial charge in [0.2, 0.25) is 0 Å².